The maximum absolute atomic E-state index is 5.75. The number of hydrogen-bond acceptors (Lipinski definition) is 2. The molecule has 1 aliphatic rings. The Balaban J connectivity index is 2.66. The second-order valence-corrected chi connectivity index (χ2v) is 16.1. The van der Waals surface area contributed by atoms with E-state index < -0.39 is 13.3 Å². The summed E-state index contributed by atoms with van der Waals surface area (Å²) < 4.78 is 13.0. The van der Waals surface area contributed by atoms with Gasteiger partial charge in [-0.1, -0.05) is 0 Å². The molecule has 0 N–H and O–H groups in total. The van der Waals surface area contributed by atoms with Gasteiger partial charge in [0.15, 0.2) is 0 Å². The monoisotopic (exact) mass is 286 g/mol. The molecular formula is C12H25BGeO2. The molecular weight excluding hydrogens is 260 g/mol. The molecule has 0 bridgehead atoms. The molecule has 4 heteroatoms. The van der Waals surface area contributed by atoms with Crippen LogP contribution in [-0.2, 0) is 9.31 Å². The van der Waals surface area contributed by atoms with Crippen molar-refractivity contribution in [1.29, 1.82) is 0 Å². The van der Waals surface area contributed by atoms with Crippen molar-refractivity contribution in [2.24, 2.45) is 0 Å². The van der Waals surface area contributed by atoms with Gasteiger partial charge in [0.05, 0.1) is 0 Å². The summed E-state index contributed by atoms with van der Waals surface area (Å²) >= 11 is -1.82. The molecule has 0 saturated carbocycles. The fourth-order valence-electron chi connectivity index (χ4n) is 1.88. The first kappa shape index (κ1) is 14.3. The van der Waals surface area contributed by atoms with Gasteiger partial charge >= 0.3 is 103 Å². The molecule has 0 aromatic carbocycles. The van der Waals surface area contributed by atoms with Gasteiger partial charge in [0.1, 0.15) is 0 Å². The Hall–Kier alpha value is 0.268. The molecule has 1 heterocycles. The number of allylic oxidation sites excluding steroid dienone is 1. The quantitative estimate of drug-likeness (QED) is 0.569. The van der Waals surface area contributed by atoms with Crippen molar-refractivity contribution in [2.75, 3.05) is 13.2 Å². The number of unbranched alkanes of at least 4 members (excludes halogenated alkanes) is 2. The summed E-state index contributed by atoms with van der Waals surface area (Å²) in [5, 5.41) is 0. The van der Waals surface area contributed by atoms with Crippen LogP contribution in [0.4, 0.5) is 0 Å². The molecule has 1 fully saturated rings. The van der Waals surface area contributed by atoms with Crippen LogP contribution in [0.5, 0.6) is 0 Å². The fraction of sp³-hybridized carbons (Fsp3) is 0.833. The van der Waals surface area contributed by atoms with Gasteiger partial charge in [0.2, 0.25) is 0 Å². The van der Waals surface area contributed by atoms with Crippen molar-refractivity contribution in [3.05, 3.63) is 10.4 Å². The predicted octanol–water partition coefficient (Wildman–Crippen LogP) is 3.44. The van der Waals surface area contributed by atoms with Gasteiger partial charge in [-0.2, -0.15) is 0 Å². The van der Waals surface area contributed by atoms with Gasteiger partial charge in [-0.05, 0) is 0 Å². The van der Waals surface area contributed by atoms with Crippen molar-refractivity contribution in [2.45, 2.75) is 49.9 Å². The molecule has 1 saturated heterocycles. The zero-order valence-electron chi connectivity index (χ0n) is 11.2. The first-order chi connectivity index (χ1) is 7.55. The first-order valence-corrected chi connectivity index (χ1v) is 13.8. The molecule has 0 aliphatic carbocycles. The van der Waals surface area contributed by atoms with Crippen LogP contribution in [0.1, 0.15) is 32.6 Å². The van der Waals surface area contributed by atoms with Crippen molar-refractivity contribution in [3.8, 4) is 0 Å². The molecule has 0 unspecified atom stereocenters. The zero-order valence-corrected chi connectivity index (χ0v) is 13.3. The summed E-state index contributed by atoms with van der Waals surface area (Å²) in [4.78, 5) is 0. The van der Waals surface area contributed by atoms with Crippen LogP contribution in [0.25, 0.3) is 0 Å². The average molecular weight is 285 g/mol. The van der Waals surface area contributed by atoms with E-state index >= 15 is 0 Å². The van der Waals surface area contributed by atoms with E-state index in [1.807, 2.05) is 0 Å². The van der Waals surface area contributed by atoms with E-state index in [1.54, 1.807) is 0 Å². The summed E-state index contributed by atoms with van der Waals surface area (Å²) in [6.07, 6.45) is 7.15. The minimum atomic E-state index is -1.82. The molecule has 92 valence electrons. The second kappa shape index (κ2) is 6.87. The van der Waals surface area contributed by atoms with Crippen molar-refractivity contribution < 1.29 is 9.31 Å². The third-order valence-corrected chi connectivity index (χ3v) is 7.43. The Bertz CT molecular complexity index is 230. The molecule has 0 spiro atoms. The first-order valence-electron chi connectivity index (χ1n) is 6.49. The van der Waals surface area contributed by atoms with Crippen LogP contribution in [0, 0.1) is 0 Å². The third-order valence-electron chi connectivity index (χ3n) is 2.87. The standard InChI is InChI=1S/C12H25BGeO2/c1-5-6-7-9-12(14(2,3)4)13-15-10-8-11-16-13/h9H,5-8,10-11H2,1-4H3/b12-9+. The number of rotatable bonds is 5. The van der Waals surface area contributed by atoms with Crippen molar-refractivity contribution in [3.63, 3.8) is 0 Å². The summed E-state index contributed by atoms with van der Waals surface area (Å²) in [6, 6.07) is 0. The average Bonchev–Trinajstić information content (AvgIpc) is 2.24. The molecule has 2 nitrogen and oxygen atoms in total. The zero-order chi connectivity index (χ0) is 12.0. The normalized spacial score (nSPS) is 19.0. The van der Waals surface area contributed by atoms with E-state index in [4.69, 9.17) is 9.31 Å². The maximum atomic E-state index is 5.75. The topological polar surface area (TPSA) is 18.5 Å². The van der Waals surface area contributed by atoms with Gasteiger partial charge in [-0.15, -0.1) is 0 Å². The minimum absolute atomic E-state index is 0.0226. The third kappa shape index (κ3) is 4.64. The van der Waals surface area contributed by atoms with Crippen LogP contribution in [-0.4, -0.2) is 33.6 Å². The van der Waals surface area contributed by atoms with Crippen LogP contribution < -0.4 is 0 Å². The van der Waals surface area contributed by atoms with Crippen molar-refractivity contribution in [1.82, 2.24) is 0 Å². The Morgan fingerprint density at radius 2 is 1.88 bits per heavy atom. The Kier molecular flexibility index (Phi) is 6.15. The molecule has 0 aromatic rings. The molecule has 16 heavy (non-hydrogen) atoms. The van der Waals surface area contributed by atoms with E-state index in [9.17, 15) is 0 Å². The molecule has 0 atom stereocenters. The van der Waals surface area contributed by atoms with Gasteiger partial charge in [0, 0.05) is 0 Å². The second-order valence-electron chi connectivity index (χ2n) is 5.48. The van der Waals surface area contributed by atoms with Crippen LogP contribution in [0.2, 0.25) is 17.3 Å². The molecule has 1 rings (SSSR count). The molecule has 0 amide bonds. The van der Waals surface area contributed by atoms with Gasteiger partial charge < -0.3 is 0 Å². The summed E-state index contributed by atoms with van der Waals surface area (Å²) in [5.74, 6) is 7.25. The van der Waals surface area contributed by atoms with E-state index in [-0.39, 0.29) is 7.12 Å². The van der Waals surface area contributed by atoms with E-state index in [0.717, 1.165) is 19.6 Å². The molecule has 0 aromatic heterocycles. The van der Waals surface area contributed by atoms with Crippen LogP contribution in [0.3, 0.4) is 0 Å². The van der Waals surface area contributed by atoms with Crippen LogP contribution in [0.15, 0.2) is 10.4 Å². The van der Waals surface area contributed by atoms with Gasteiger partial charge in [0.25, 0.3) is 0 Å². The molecule has 0 radical (unpaired) electrons. The SMILES string of the molecule is CCCC/C=[C](\B1OCCCO1)[Ge]([CH3])([CH3])[CH3]. The van der Waals surface area contributed by atoms with Crippen LogP contribution >= 0.6 is 0 Å². The Labute approximate surface area is 103 Å². The summed E-state index contributed by atoms with van der Waals surface area (Å²) in [6.45, 7) is 3.95. The summed E-state index contributed by atoms with van der Waals surface area (Å²) in [5.41, 5.74) is 0. The van der Waals surface area contributed by atoms with E-state index in [2.05, 4.69) is 30.3 Å². The van der Waals surface area contributed by atoms with E-state index in [0.29, 0.717) is 0 Å². The Morgan fingerprint density at radius 1 is 1.25 bits per heavy atom. The number of hydrogen-bond donors (Lipinski definition) is 0. The fourth-order valence-corrected chi connectivity index (χ4v) is 5.31. The molecule has 1 aliphatic heterocycles. The van der Waals surface area contributed by atoms with Crippen molar-refractivity contribution >= 4 is 20.4 Å². The van der Waals surface area contributed by atoms with E-state index in [1.165, 1.54) is 23.6 Å². The Morgan fingerprint density at radius 3 is 2.38 bits per heavy atom. The van der Waals surface area contributed by atoms with Gasteiger partial charge in [-0.3, -0.25) is 0 Å². The predicted molar refractivity (Wildman–Crippen MR) is 73.2 cm³/mol. The summed E-state index contributed by atoms with van der Waals surface area (Å²) in [7, 11) is -0.0226. The van der Waals surface area contributed by atoms with Gasteiger partial charge in [-0.25, -0.2) is 0 Å².